The van der Waals surface area contributed by atoms with Crippen LogP contribution < -0.4 is 0 Å². The van der Waals surface area contributed by atoms with E-state index in [1.165, 1.54) is 135 Å². The van der Waals surface area contributed by atoms with Crippen LogP contribution in [0.2, 0.25) is 0 Å². The Hall–Kier alpha value is -2.00. The van der Waals surface area contributed by atoms with Gasteiger partial charge < -0.3 is 19.4 Å². The molecule has 0 aliphatic rings. The molecule has 2 aromatic carbocycles. The summed E-state index contributed by atoms with van der Waals surface area (Å²) in [6.45, 7) is 28.2. The summed E-state index contributed by atoms with van der Waals surface area (Å²) in [6.07, 6.45) is 25.3. The maximum Gasteiger partial charge on any atom is 2.00 e. The number of allylic oxidation sites excluding steroid dienone is 2. The maximum absolute atomic E-state index is 9.86. The van der Waals surface area contributed by atoms with Crippen molar-refractivity contribution >= 4 is 11.4 Å². The molecule has 0 spiro atoms. The second-order valence-corrected chi connectivity index (χ2v) is 14.2. The van der Waals surface area contributed by atoms with Gasteiger partial charge in [-0.2, -0.15) is 13.8 Å². The van der Waals surface area contributed by atoms with Gasteiger partial charge in [-0.25, -0.2) is 0 Å². The number of rotatable bonds is 24. The minimum atomic E-state index is 0. The molecule has 0 saturated carbocycles. The Morgan fingerprint density at radius 2 is 0.962 bits per heavy atom. The third kappa shape index (κ3) is 18.9. The Labute approximate surface area is 338 Å². The first-order chi connectivity index (χ1) is 24.9. The molecule has 2 aromatic rings. The van der Waals surface area contributed by atoms with Gasteiger partial charge in [-0.1, -0.05) is 130 Å². The van der Waals surface area contributed by atoms with Gasteiger partial charge in [0.05, 0.1) is 5.57 Å². The van der Waals surface area contributed by atoms with E-state index in [-0.39, 0.29) is 20.4 Å². The van der Waals surface area contributed by atoms with Crippen LogP contribution >= 0.6 is 0 Å². The topological polar surface area (TPSA) is 36.4 Å². The smallest absolute Gasteiger partial charge is 0.348 e. The zero-order valence-corrected chi connectivity index (χ0v) is 37.3. The SMILES string of the molecule is CCCCCCc1cc(C(=C(CCCC)C(=C=[N+]=[N-])CCCC)c2cc(C)c(C)c(C)c2)cc(CCCCCC)c1CCCCCC.[CH2-]C.[CH2-]C.[Pd+2]. The van der Waals surface area contributed by atoms with Crippen LogP contribution in [0.3, 0.4) is 0 Å². The van der Waals surface area contributed by atoms with Gasteiger partial charge in [-0.15, -0.1) is 4.79 Å². The van der Waals surface area contributed by atoms with Crippen molar-refractivity contribution in [2.24, 2.45) is 0 Å². The van der Waals surface area contributed by atoms with E-state index in [2.05, 4.69) is 104 Å². The molecular formula is C49H80N2Pd. The summed E-state index contributed by atoms with van der Waals surface area (Å²) in [5.41, 5.74) is 25.1. The van der Waals surface area contributed by atoms with Crippen molar-refractivity contribution in [2.45, 2.75) is 204 Å². The summed E-state index contributed by atoms with van der Waals surface area (Å²) < 4.78 is 0. The summed E-state index contributed by atoms with van der Waals surface area (Å²) in [7, 11) is 0. The number of hydrogen-bond acceptors (Lipinski definition) is 0. The number of aryl methyl sites for hydroxylation is 4. The van der Waals surface area contributed by atoms with Crippen LogP contribution in [0.4, 0.5) is 0 Å². The fourth-order valence-corrected chi connectivity index (χ4v) is 7.09. The molecule has 0 aliphatic carbocycles. The third-order valence-electron chi connectivity index (χ3n) is 10.2. The molecule has 3 heteroatoms. The number of hydrogen-bond donors (Lipinski definition) is 0. The van der Waals surface area contributed by atoms with Crippen LogP contribution in [-0.2, 0) is 39.7 Å². The quantitative estimate of drug-likeness (QED) is 0.0193. The summed E-state index contributed by atoms with van der Waals surface area (Å²) >= 11 is 0. The van der Waals surface area contributed by atoms with Crippen LogP contribution in [-0.4, -0.2) is 10.7 Å². The van der Waals surface area contributed by atoms with Crippen molar-refractivity contribution in [1.82, 2.24) is 0 Å². The average molecular weight is 804 g/mol. The first kappa shape index (κ1) is 52.1. The molecule has 0 aliphatic heterocycles. The number of nitrogens with zero attached hydrogens (tertiary/aromatic N) is 2. The Morgan fingerprint density at radius 1 is 0.558 bits per heavy atom. The predicted molar refractivity (Wildman–Crippen MR) is 230 cm³/mol. The van der Waals surface area contributed by atoms with Gasteiger partial charge >= 0.3 is 26.3 Å². The molecule has 0 fully saturated rings. The molecule has 0 radical (unpaired) electrons. The molecule has 0 heterocycles. The normalized spacial score (nSPS) is 10.8. The van der Waals surface area contributed by atoms with Crippen molar-refractivity contribution in [3.8, 4) is 0 Å². The zero-order valence-electron chi connectivity index (χ0n) is 35.8. The largest absolute Gasteiger partial charge is 2.00 e. The van der Waals surface area contributed by atoms with E-state index < -0.39 is 0 Å². The predicted octanol–water partition coefficient (Wildman–Crippen LogP) is 15.7. The van der Waals surface area contributed by atoms with Gasteiger partial charge in [-0.05, 0) is 141 Å². The van der Waals surface area contributed by atoms with E-state index in [0.29, 0.717) is 0 Å². The molecule has 2 nitrogen and oxygen atoms in total. The molecule has 0 unspecified atom stereocenters. The van der Waals surface area contributed by atoms with Gasteiger partial charge in [0.1, 0.15) is 0 Å². The molecule has 0 N–H and O–H groups in total. The Kier molecular flexibility index (Phi) is 33.6. The third-order valence-corrected chi connectivity index (χ3v) is 10.2. The van der Waals surface area contributed by atoms with Crippen LogP contribution in [0.1, 0.15) is 209 Å². The maximum atomic E-state index is 9.86. The molecule has 0 bridgehead atoms. The monoisotopic (exact) mass is 803 g/mol. The van der Waals surface area contributed by atoms with Crippen molar-refractivity contribution < 1.29 is 25.2 Å². The minimum absolute atomic E-state index is 0. The molecule has 0 saturated heterocycles. The van der Waals surface area contributed by atoms with Crippen LogP contribution in [0.15, 0.2) is 35.4 Å². The van der Waals surface area contributed by atoms with Crippen molar-refractivity contribution in [3.05, 3.63) is 99.3 Å². The van der Waals surface area contributed by atoms with E-state index in [1.54, 1.807) is 30.5 Å². The van der Waals surface area contributed by atoms with Gasteiger partial charge in [0.25, 0.3) is 0 Å². The summed E-state index contributed by atoms with van der Waals surface area (Å²) in [6, 6.07) is 10.0. The van der Waals surface area contributed by atoms with Crippen LogP contribution in [0.5, 0.6) is 0 Å². The van der Waals surface area contributed by atoms with Crippen molar-refractivity contribution in [1.29, 1.82) is 0 Å². The van der Waals surface area contributed by atoms with Gasteiger partial charge in [0.2, 0.25) is 0 Å². The van der Waals surface area contributed by atoms with Crippen LogP contribution in [0.25, 0.3) is 11.1 Å². The molecule has 0 amide bonds. The van der Waals surface area contributed by atoms with Crippen LogP contribution in [0, 0.1) is 34.6 Å². The molecule has 0 aromatic heterocycles. The Morgan fingerprint density at radius 3 is 1.38 bits per heavy atom. The van der Waals surface area contributed by atoms with E-state index in [1.807, 2.05) is 0 Å². The van der Waals surface area contributed by atoms with E-state index >= 15 is 0 Å². The Balaban J connectivity index is 0. The zero-order chi connectivity index (χ0) is 38.4. The second kappa shape index (κ2) is 33.6. The van der Waals surface area contributed by atoms with Crippen molar-refractivity contribution in [3.63, 3.8) is 0 Å². The standard InChI is InChI=1S/C45H70N2.2C2H5.Pd/c1-9-14-19-22-26-38-32-42(33-39(27-23-20-15-10-2)43(38)29-24-21-16-11-3)45(41-30-35(6)37(8)36(7)31-41)44(28-18-13-5)40(34-47-46)25-17-12-4;2*1-2;/h30-33H,9-29H2,1-8H3;2*1H2,2H3;/q;2*-1;+2. The summed E-state index contributed by atoms with van der Waals surface area (Å²) in [5, 5.41) is 0. The summed E-state index contributed by atoms with van der Waals surface area (Å²) in [5.74, 6) is 3.10. The molecular weight excluding hydrogens is 723 g/mol. The average Bonchev–Trinajstić information content (AvgIpc) is 3.15. The van der Waals surface area contributed by atoms with E-state index in [9.17, 15) is 5.53 Å². The molecule has 0 atom stereocenters. The Bertz CT molecular complexity index is 1280. The van der Waals surface area contributed by atoms with Gasteiger partial charge in [0.15, 0.2) is 0 Å². The van der Waals surface area contributed by atoms with Crippen molar-refractivity contribution in [2.75, 3.05) is 0 Å². The molecule has 296 valence electrons. The molecule has 2 rings (SSSR count). The van der Waals surface area contributed by atoms with E-state index in [0.717, 1.165) is 44.1 Å². The number of benzene rings is 2. The van der Waals surface area contributed by atoms with Gasteiger partial charge in [0, 0.05) is 0 Å². The van der Waals surface area contributed by atoms with E-state index in [4.69, 9.17) is 0 Å². The molecule has 52 heavy (non-hydrogen) atoms. The first-order valence-electron chi connectivity index (χ1n) is 21.2. The van der Waals surface area contributed by atoms with Gasteiger partial charge in [-0.3, -0.25) is 0 Å². The fourth-order valence-electron chi connectivity index (χ4n) is 7.09. The first-order valence-corrected chi connectivity index (χ1v) is 21.2. The fraction of sp³-hybridized carbons (Fsp3) is 0.633. The number of unbranched alkanes of at least 4 members (excludes halogenated alkanes) is 11. The second-order valence-electron chi connectivity index (χ2n) is 14.2. The minimum Gasteiger partial charge on any atom is -0.348 e. The summed E-state index contributed by atoms with van der Waals surface area (Å²) in [4.78, 5) is 3.53.